The molecule has 0 saturated carbocycles. The fraction of sp³-hybridized carbons (Fsp3) is 0.214. The first-order valence-electron chi connectivity index (χ1n) is 6.67. The second kappa shape index (κ2) is 5.40. The molecule has 22 heavy (non-hydrogen) atoms. The van der Waals surface area contributed by atoms with Crippen molar-refractivity contribution in [3.63, 3.8) is 0 Å². The van der Waals surface area contributed by atoms with Gasteiger partial charge < -0.3 is 20.3 Å². The Hall–Kier alpha value is -3.03. The number of aliphatic carboxylic acids is 1. The molecular weight excluding hydrogens is 288 g/mol. The Morgan fingerprint density at radius 2 is 2.32 bits per heavy atom. The zero-order chi connectivity index (χ0) is 15.7. The van der Waals surface area contributed by atoms with Crippen LogP contribution in [0.1, 0.15) is 18.5 Å². The number of nitrogens with zero attached hydrogens (tertiary/aromatic N) is 3. The Bertz CT molecular complexity index is 753. The lowest BCUT2D eigenvalue weighted by atomic mass is 10.0. The quantitative estimate of drug-likeness (QED) is 0.782. The standard InChI is InChI=1S/C14H14N4O4/c1-2-22-12-5-8(3-4-11(12)19)10-6-9(13(20)21)17-14-15-7-16-18(10)14/h3-7,10,19H,2H2,1H3,(H,20,21)(H,15,16,17). The topological polar surface area (TPSA) is 110 Å². The average Bonchev–Trinajstić information content (AvgIpc) is 2.97. The first-order chi connectivity index (χ1) is 10.6. The van der Waals surface area contributed by atoms with Gasteiger partial charge in [0.25, 0.3) is 0 Å². The van der Waals surface area contributed by atoms with Crippen LogP contribution in [0.3, 0.4) is 0 Å². The van der Waals surface area contributed by atoms with Crippen LogP contribution in [-0.2, 0) is 4.79 Å². The second-order valence-electron chi connectivity index (χ2n) is 4.64. The molecule has 3 N–H and O–H groups in total. The fourth-order valence-electron chi connectivity index (χ4n) is 2.28. The van der Waals surface area contributed by atoms with Crippen molar-refractivity contribution in [3.8, 4) is 11.5 Å². The summed E-state index contributed by atoms with van der Waals surface area (Å²) in [6.45, 7) is 2.22. The van der Waals surface area contributed by atoms with Crippen LogP contribution >= 0.6 is 0 Å². The first kappa shape index (κ1) is 13.9. The molecule has 1 aliphatic heterocycles. The van der Waals surface area contributed by atoms with Crippen LogP contribution in [0, 0.1) is 0 Å². The molecule has 0 fully saturated rings. The van der Waals surface area contributed by atoms with Crippen molar-refractivity contribution in [1.82, 2.24) is 14.8 Å². The summed E-state index contributed by atoms with van der Waals surface area (Å²) >= 11 is 0. The minimum atomic E-state index is -1.08. The third-order valence-electron chi connectivity index (χ3n) is 3.26. The predicted octanol–water partition coefficient (Wildman–Crippen LogP) is 1.37. The van der Waals surface area contributed by atoms with Gasteiger partial charge in [-0.25, -0.2) is 9.48 Å². The zero-order valence-electron chi connectivity index (χ0n) is 11.7. The van der Waals surface area contributed by atoms with Gasteiger partial charge in [-0.05, 0) is 30.7 Å². The zero-order valence-corrected chi connectivity index (χ0v) is 11.7. The summed E-state index contributed by atoms with van der Waals surface area (Å²) in [4.78, 5) is 15.2. The molecule has 0 radical (unpaired) electrons. The van der Waals surface area contributed by atoms with E-state index in [0.29, 0.717) is 18.3 Å². The Morgan fingerprint density at radius 1 is 1.50 bits per heavy atom. The summed E-state index contributed by atoms with van der Waals surface area (Å²) in [6, 6.07) is 4.41. The van der Waals surface area contributed by atoms with E-state index in [4.69, 9.17) is 4.74 Å². The Balaban J connectivity index is 2.07. The van der Waals surface area contributed by atoms with Gasteiger partial charge in [-0.2, -0.15) is 10.1 Å². The van der Waals surface area contributed by atoms with Crippen LogP contribution < -0.4 is 10.1 Å². The van der Waals surface area contributed by atoms with Crippen molar-refractivity contribution < 1.29 is 19.7 Å². The van der Waals surface area contributed by atoms with Crippen molar-refractivity contribution in [2.75, 3.05) is 11.9 Å². The molecule has 0 amide bonds. The van der Waals surface area contributed by atoms with Gasteiger partial charge in [-0.15, -0.1) is 0 Å². The van der Waals surface area contributed by atoms with E-state index < -0.39 is 12.0 Å². The Morgan fingerprint density at radius 3 is 3.05 bits per heavy atom. The maximum atomic E-state index is 11.2. The molecule has 1 atom stereocenters. The normalized spacial score (nSPS) is 16.4. The minimum Gasteiger partial charge on any atom is -0.504 e. The lowest BCUT2D eigenvalue weighted by molar-refractivity contribution is -0.132. The van der Waals surface area contributed by atoms with E-state index in [0.717, 1.165) is 5.56 Å². The van der Waals surface area contributed by atoms with Gasteiger partial charge in [0.15, 0.2) is 11.5 Å². The molecule has 3 rings (SSSR count). The third kappa shape index (κ3) is 2.34. The van der Waals surface area contributed by atoms with Gasteiger partial charge in [0.2, 0.25) is 5.95 Å². The molecule has 1 unspecified atom stereocenters. The number of carboxylic acids is 1. The number of nitrogens with one attached hydrogen (secondary N) is 1. The number of aromatic hydroxyl groups is 1. The van der Waals surface area contributed by atoms with Crippen LogP contribution in [-0.4, -0.2) is 37.6 Å². The number of anilines is 1. The smallest absolute Gasteiger partial charge is 0.352 e. The van der Waals surface area contributed by atoms with E-state index in [-0.39, 0.29) is 11.4 Å². The number of ether oxygens (including phenoxy) is 1. The largest absolute Gasteiger partial charge is 0.504 e. The number of carboxylic acid groups (broad SMARTS) is 1. The van der Waals surface area contributed by atoms with Crippen molar-refractivity contribution in [2.24, 2.45) is 0 Å². The molecule has 1 aliphatic rings. The van der Waals surface area contributed by atoms with Gasteiger partial charge in [0.1, 0.15) is 18.1 Å². The molecule has 0 spiro atoms. The molecular formula is C14H14N4O4. The molecule has 1 aromatic carbocycles. The van der Waals surface area contributed by atoms with E-state index in [1.807, 2.05) is 6.92 Å². The molecule has 1 aromatic heterocycles. The number of fused-ring (bicyclic) bond motifs is 1. The first-order valence-corrected chi connectivity index (χ1v) is 6.67. The molecule has 0 bridgehead atoms. The van der Waals surface area contributed by atoms with Gasteiger partial charge in [-0.1, -0.05) is 6.07 Å². The molecule has 0 aliphatic carbocycles. The molecule has 0 saturated heterocycles. The minimum absolute atomic E-state index is 0.0246. The van der Waals surface area contributed by atoms with Crippen molar-refractivity contribution in [1.29, 1.82) is 0 Å². The Kier molecular flexibility index (Phi) is 3.42. The predicted molar refractivity (Wildman–Crippen MR) is 76.8 cm³/mol. The number of phenols is 1. The van der Waals surface area contributed by atoms with E-state index in [1.54, 1.807) is 16.8 Å². The third-order valence-corrected chi connectivity index (χ3v) is 3.26. The van der Waals surface area contributed by atoms with Gasteiger partial charge >= 0.3 is 5.97 Å². The maximum Gasteiger partial charge on any atom is 0.352 e. The maximum absolute atomic E-state index is 11.2. The average molecular weight is 302 g/mol. The molecule has 114 valence electrons. The number of aromatic nitrogens is 3. The van der Waals surface area contributed by atoms with Crippen LogP contribution in [0.4, 0.5) is 5.95 Å². The lowest BCUT2D eigenvalue weighted by Gasteiger charge is -2.23. The highest BCUT2D eigenvalue weighted by atomic mass is 16.5. The highest BCUT2D eigenvalue weighted by molar-refractivity contribution is 5.90. The molecule has 2 aromatic rings. The van der Waals surface area contributed by atoms with E-state index in [2.05, 4.69) is 15.4 Å². The van der Waals surface area contributed by atoms with E-state index >= 15 is 0 Å². The summed E-state index contributed by atoms with van der Waals surface area (Å²) in [6.07, 6.45) is 2.88. The number of allylic oxidation sites excluding steroid dienone is 1. The number of rotatable bonds is 4. The summed E-state index contributed by atoms with van der Waals surface area (Å²) in [5.74, 6) is -0.370. The van der Waals surface area contributed by atoms with Crippen LogP contribution in [0.2, 0.25) is 0 Å². The van der Waals surface area contributed by atoms with Crippen LogP contribution in [0.5, 0.6) is 11.5 Å². The monoisotopic (exact) mass is 302 g/mol. The van der Waals surface area contributed by atoms with Gasteiger partial charge in [0.05, 0.1) is 6.61 Å². The molecule has 8 nitrogen and oxygen atoms in total. The van der Waals surface area contributed by atoms with Crippen molar-refractivity contribution in [3.05, 3.63) is 41.9 Å². The van der Waals surface area contributed by atoms with Crippen LogP contribution in [0.25, 0.3) is 0 Å². The summed E-state index contributed by atoms with van der Waals surface area (Å²) in [7, 11) is 0. The SMILES string of the molecule is CCOc1cc(C2C=C(C(=O)O)Nc3ncnn32)ccc1O. The second-order valence-corrected chi connectivity index (χ2v) is 4.64. The highest BCUT2D eigenvalue weighted by Crippen LogP contribution is 2.34. The van der Waals surface area contributed by atoms with Crippen molar-refractivity contribution in [2.45, 2.75) is 13.0 Å². The lowest BCUT2D eigenvalue weighted by Crippen LogP contribution is -2.24. The summed E-state index contributed by atoms with van der Waals surface area (Å²) in [5, 5.41) is 25.8. The van der Waals surface area contributed by atoms with Gasteiger partial charge in [-0.3, -0.25) is 0 Å². The van der Waals surface area contributed by atoms with Crippen molar-refractivity contribution >= 4 is 11.9 Å². The van der Waals surface area contributed by atoms with Crippen LogP contribution in [0.15, 0.2) is 36.3 Å². The number of phenolic OH excluding ortho intramolecular Hbond substituents is 1. The number of hydrogen-bond donors (Lipinski definition) is 3. The van der Waals surface area contributed by atoms with E-state index in [1.165, 1.54) is 18.5 Å². The van der Waals surface area contributed by atoms with E-state index in [9.17, 15) is 15.0 Å². The summed E-state index contributed by atoms with van der Waals surface area (Å²) in [5.41, 5.74) is 0.754. The molecule has 8 heteroatoms. The number of carbonyl (C=O) groups is 1. The van der Waals surface area contributed by atoms with Gasteiger partial charge in [0, 0.05) is 0 Å². The fourth-order valence-corrected chi connectivity index (χ4v) is 2.28. The Labute approximate surface area is 125 Å². The molecule has 2 heterocycles. The number of benzene rings is 1. The number of hydrogen-bond acceptors (Lipinski definition) is 6. The summed E-state index contributed by atoms with van der Waals surface area (Å²) < 4.78 is 6.93. The highest BCUT2D eigenvalue weighted by Gasteiger charge is 2.26.